The van der Waals surface area contributed by atoms with E-state index in [0.29, 0.717) is 49.7 Å². The summed E-state index contributed by atoms with van der Waals surface area (Å²) in [5.74, 6) is 1.78. The van der Waals surface area contributed by atoms with E-state index in [1.54, 1.807) is 0 Å². The van der Waals surface area contributed by atoms with Gasteiger partial charge >= 0.3 is 0 Å². The number of phenols is 1. The molecule has 3 aliphatic carbocycles. The maximum Gasteiger partial charge on any atom is 0.115 e. The average Bonchev–Trinajstić information content (AvgIpc) is 3.00. The van der Waals surface area contributed by atoms with Gasteiger partial charge in [0, 0.05) is 16.4 Å². The van der Waals surface area contributed by atoms with Gasteiger partial charge in [-0.25, -0.2) is 0 Å². The first kappa shape index (κ1) is 23.7. The summed E-state index contributed by atoms with van der Waals surface area (Å²) in [6.07, 6.45) is 5.18. The van der Waals surface area contributed by atoms with Crippen LogP contribution in [0.1, 0.15) is 56.1 Å². The van der Waals surface area contributed by atoms with Gasteiger partial charge in [0.05, 0.1) is 32.5 Å². The lowest BCUT2D eigenvalue weighted by Gasteiger charge is -2.50. The van der Waals surface area contributed by atoms with E-state index in [9.17, 15) is 15.3 Å². The van der Waals surface area contributed by atoms with Gasteiger partial charge in [0.1, 0.15) is 5.75 Å². The molecule has 0 unspecified atom stereocenters. The van der Waals surface area contributed by atoms with Gasteiger partial charge in [0.25, 0.3) is 0 Å². The minimum atomic E-state index is -0.504. The highest BCUT2D eigenvalue weighted by molar-refractivity contribution is 14.1. The summed E-state index contributed by atoms with van der Waals surface area (Å²) in [5.41, 5.74) is 2.05. The van der Waals surface area contributed by atoms with Crippen LogP contribution < -0.4 is 0 Å². The molecule has 0 bridgehead atoms. The molecule has 0 heterocycles. The van der Waals surface area contributed by atoms with Crippen molar-refractivity contribution in [3.05, 3.63) is 29.3 Å². The fourth-order valence-electron chi connectivity index (χ4n) is 7.01. The lowest BCUT2D eigenvalue weighted by Crippen LogP contribution is -2.46. The molecule has 5 nitrogen and oxygen atoms in total. The van der Waals surface area contributed by atoms with Crippen LogP contribution in [-0.2, 0) is 15.9 Å². The average molecular weight is 544 g/mol. The molecule has 0 radical (unpaired) electrons. The largest absolute Gasteiger partial charge is 0.508 e. The third-order valence-electron chi connectivity index (χ3n) is 8.63. The number of benzene rings is 1. The molecular formula is C25H37IO5. The highest BCUT2D eigenvalue weighted by Crippen LogP contribution is 2.66. The second-order valence-electron chi connectivity index (χ2n) is 10.1. The lowest BCUT2D eigenvalue weighted by atomic mass is 9.55. The fourth-order valence-corrected chi connectivity index (χ4v) is 7.32. The summed E-state index contributed by atoms with van der Waals surface area (Å²) in [4.78, 5) is 0. The zero-order valence-corrected chi connectivity index (χ0v) is 20.7. The zero-order chi connectivity index (χ0) is 22.1. The fraction of sp³-hybridized carbons (Fsp3) is 0.760. The van der Waals surface area contributed by atoms with Gasteiger partial charge in [0.2, 0.25) is 0 Å². The molecule has 31 heavy (non-hydrogen) atoms. The molecule has 3 N–H and O–H groups in total. The topological polar surface area (TPSA) is 79.2 Å². The van der Waals surface area contributed by atoms with Crippen LogP contribution in [0.3, 0.4) is 0 Å². The molecule has 2 saturated carbocycles. The molecule has 6 atom stereocenters. The molecular weight excluding hydrogens is 507 g/mol. The Balaban J connectivity index is 1.45. The number of phenolic OH excluding ortho intramolecular Hbond substituents is 1. The molecule has 0 amide bonds. The normalized spacial score (nSPS) is 36.6. The van der Waals surface area contributed by atoms with E-state index in [1.807, 2.05) is 12.1 Å². The van der Waals surface area contributed by atoms with Crippen LogP contribution in [0.15, 0.2) is 18.2 Å². The SMILES string of the molecule is C[C@]12CC[C@@H]3c4ccc(O)cc4CC[C@H]3[C@@H]1C[C@@](CO)(CCOCCOCCI)[C@@H]2O. The van der Waals surface area contributed by atoms with Crippen LogP contribution >= 0.6 is 22.6 Å². The number of aliphatic hydroxyl groups is 2. The number of hydrogen-bond donors (Lipinski definition) is 3. The summed E-state index contributed by atoms with van der Waals surface area (Å²) >= 11 is 2.29. The van der Waals surface area contributed by atoms with Crippen molar-refractivity contribution in [2.24, 2.45) is 22.7 Å². The molecule has 1 aromatic rings. The summed E-state index contributed by atoms with van der Waals surface area (Å²) in [7, 11) is 0. The zero-order valence-electron chi connectivity index (χ0n) is 18.6. The van der Waals surface area contributed by atoms with Gasteiger partial charge in [-0.3, -0.25) is 0 Å². The molecule has 2 fully saturated rings. The highest BCUT2D eigenvalue weighted by Gasteiger charge is 2.63. The number of ether oxygens (including phenoxy) is 2. The minimum absolute atomic E-state index is 0.0107. The van der Waals surface area contributed by atoms with Gasteiger partial charge in [-0.1, -0.05) is 35.6 Å². The van der Waals surface area contributed by atoms with Crippen LogP contribution in [-0.4, -0.2) is 58.9 Å². The Morgan fingerprint density at radius 1 is 1.13 bits per heavy atom. The first-order valence-electron chi connectivity index (χ1n) is 11.8. The summed E-state index contributed by atoms with van der Waals surface area (Å²) in [6, 6.07) is 5.86. The third kappa shape index (κ3) is 4.39. The maximum absolute atomic E-state index is 11.5. The Labute approximate surface area is 199 Å². The van der Waals surface area contributed by atoms with Crippen LogP contribution in [0.4, 0.5) is 0 Å². The van der Waals surface area contributed by atoms with Gasteiger partial charge in [0.15, 0.2) is 0 Å². The van der Waals surface area contributed by atoms with E-state index in [-0.39, 0.29) is 12.0 Å². The van der Waals surface area contributed by atoms with Gasteiger partial charge in [-0.15, -0.1) is 0 Å². The minimum Gasteiger partial charge on any atom is -0.508 e. The number of aliphatic hydroxyl groups excluding tert-OH is 2. The van der Waals surface area contributed by atoms with Crippen LogP contribution in [0, 0.1) is 22.7 Å². The number of rotatable bonds is 9. The summed E-state index contributed by atoms with van der Waals surface area (Å²) in [6.45, 7) is 4.70. The van der Waals surface area contributed by atoms with Gasteiger partial charge in [-0.05, 0) is 85.0 Å². The monoisotopic (exact) mass is 544 g/mol. The molecule has 4 rings (SSSR count). The molecule has 174 valence electrons. The van der Waals surface area contributed by atoms with Crippen molar-refractivity contribution < 1.29 is 24.8 Å². The van der Waals surface area contributed by atoms with E-state index >= 15 is 0 Å². The summed E-state index contributed by atoms with van der Waals surface area (Å²) < 4.78 is 12.2. The Morgan fingerprint density at radius 3 is 2.65 bits per heavy atom. The van der Waals surface area contributed by atoms with E-state index in [0.717, 1.165) is 43.1 Å². The lowest BCUT2D eigenvalue weighted by molar-refractivity contribution is -0.0788. The van der Waals surface area contributed by atoms with Crippen molar-refractivity contribution in [2.75, 3.05) is 37.5 Å². The number of fused-ring (bicyclic) bond motifs is 5. The van der Waals surface area contributed by atoms with Gasteiger partial charge < -0.3 is 24.8 Å². The second kappa shape index (κ2) is 9.84. The van der Waals surface area contributed by atoms with Crippen LogP contribution in [0.2, 0.25) is 0 Å². The van der Waals surface area contributed by atoms with E-state index in [1.165, 1.54) is 11.1 Å². The molecule has 0 aliphatic heterocycles. The van der Waals surface area contributed by atoms with Crippen molar-refractivity contribution in [1.82, 2.24) is 0 Å². The standard InChI is InChI=1S/C25H37IO5/c1-24-7-6-20-19-5-3-18(28)14-17(19)2-4-21(20)22(24)15-25(16-27,23(24)29)8-10-30-12-13-31-11-9-26/h3,5,14,20-23,27-29H,2,4,6-13,15-16H2,1H3/t20-,21-,22+,23-,24+,25-/m1/s1. The number of hydrogen-bond acceptors (Lipinski definition) is 5. The molecule has 0 aromatic heterocycles. The molecule has 6 heteroatoms. The predicted octanol–water partition coefficient (Wildman–Crippen LogP) is 4.06. The Hall–Kier alpha value is -0.410. The molecule has 1 aromatic carbocycles. The Bertz CT molecular complexity index is 757. The van der Waals surface area contributed by atoms with Crippen LogP contribution in [0.5, 0.6) is 5.75 Å². The Kier molecular flexibility index (Phi) is 7.53. The van der Waals surface area contributed by atoms with Crippen molar-refractivity contribution in [1.29, 1.82) is 0 Å². The number of halogens is 1. The predicted molar refractivity (Wildman–Crippen MR) is 129 cm³/mol. The van der Waals surface area contributed by atoms with E-state index in [4.69, 9.17) is 9.47 Å². The first-order valence-corrected chi connectivity index (χ1v) is 13.3. The van der Waals surface area contributed by atoms with Crippen molar-refractivity contribution in [2.45, 2.75) is 57.5 Å². The molecule has 3 aliphatic rings. The number of alkyl halides is 1. The smallest absolute Gasteiger partial charge is 0.115 e. The third-order valence-corrected chi connectivity index (χ3v) is 9.07. The quantitative estimate of drug-likeness (QED) is 0.248. The summed E-state index contributed by atoms with van der Waals surface area (Å²) in [5, 5.41) is 31.8. The number of aromatic hydroxyl groups is 1. The number of aryl methyl sites for hydroxylation is 1. The molecule has 0 spiro atoms. The van der Waals surface area contributed by atoms with Crippen molar-refractivity contribution in [3.63, 3.8) is 0 Å². The van der Waals surface area contributed by atoms with Crippen molar-refractivity contribution >= 4 is 22.6 Å². The maximum atomic E-state index is 11.5. The molecule has 0 saturated heterocycles. The van der Waals surface area contributed by atoms with Crippen molar-refractivity contribution in [3.8, 4) is 5.75 Å². The van der Waals surface area contributed by atoms with E-state index < -0.39 is 11.5 Å². The Morgan fingerprint density at radius 2 is 1.90 bits per heavy atom. The highest BCUT2D eigenvalue weighted by atomic mass is 127. The van der Waals surface area contributed by atoms with Gasteiger partial charge in [-0.2, -0.15) is 0 Å². The van der Waals surface area contributed by atoms with E-state index in [2.05, 4.69) is 35.6 Å². The first-order chi connectivity index (χ1) is 14.9. The second-order valence-corrected chi connectivity index (χ2v) is 11.2. The van der Waals surface area contributed by atoms with Crippen LogP contribution in [0.25, 0.3) is 0 Å².